The summed E-state index contributed by atoms with van der Waals surface area (Å²) in [6.07, 6.45) is 0. The van der Waals surface area contributed by atoms with E-state index in [-0.39, 0.29) is 12.4 Å². The van der Waals surface area contributed by atoms with Crippen LogP contribution in [0.15, 0.2) is 36.4 Å². The highest BCUT2D eigenvalue weighted by atomic mass is 16.5. The SMILES string of the molecule is CCN(CC)CCOc1ccc2c(c1)C(=O)c1cc(OCCN(CC)CCO)ccc1-2. The first kappa shape index (κ1) is 23.3. The highest BCUT2D eigenvalue weighted by molar-refractivity contribution is 6.22. The summed E-state index contributed by atoms with van der Waals surface area (Å²) in [5.41, 5.74) is 3.25. The molecule has 0 aliphatic heterocycles. The fraction of sp³-hybridized carbons (Fsp3) is 0.480. The molecule has 2 aromatic rings. The number of hydrogen-bond acceptors (Lipinski definition) is 6. The van der Waals surface area contributed by atoms with Crippen molar-refractivity contribution in [2.24, 2.45) is 0 Å². The van der Waals surface area contributed by atoms with Crippen molar-refractivity contribution < 1.29 is 19.4 Å². The van der Waals surface area contributed by atoms with Gasteiger partial charge in [0.15, 0.2) is 5.78 Å². The lowest BCUT2D eigenvalue weighted by molar-refractivity contribution is 0.104. The number of ketones is 1. The van der Waals surface area contributed by atoms with Crippen molar-refractivity contribution in [1.82, 2.24) is 9.80 Å². The fourth-order valence-corrected chi connectivity index (χ4v) is 3.91. The van der Waals surface area contributed by atoms with Crippen molar-refractivity contribution in [3.05, 3.63) is 47.5 Å². The summed E-state index contributed by atoms with van der Waals surface area (Å²) < 4.78 is 11.8. The number of carbonyl (C=O) groups is 1. The van der Waals surface area contributed by atoms with Crippen LogP contribution in [-0.4, -0.2) is 79.8 Å². The number of ether oxygens (including phenoxy) is 2. The molecule has 6 nitrogen and oxygen atoms in total. The van der Waals surface area contributed by atoms with Crippen LogP contribution in [0, 0.1) is 0 Å². The number of nitrogens with zero attached hydrogens (tertiary/aromatic N) is 2. The minimum Gasteiger partial charge on any atom is -0.492 e. The summed E-state index contributed by atoms with van der Waals surface area (Å²) in [5, 5.41) is 9.09. The van der Waals surface area contributed by atoms with E-state index in [4.69, 9.17) is 14.6 Å². The second-order valence-corrected chi connectivity index (χ2v) is 7.63. The van der Waals surface area contributed by atoms with Gasteiger partial charge in [-0.3, -0.25) is 9.69 Å². The van der Waals surface area contributed by atoms with Gasteiger partial charge in [0, 0.05) is 30.8 Å². The number of carbonyl (C=O) groups excluding carboxylic acids is 1. The summed E-state index contributed by atoms with van der Waals surface area (Å²) in [7, 11) is 0. The van der Waals surface area contributed by atoms with Gasteiger partial charge in [-0.2, -0.15) is 0 Å². The highest BCUT2D eigenvalue weighted by Crippen LogP contribution is 2.39. The van der Waals surface area contributed by atoms with Gasteiger partial charge in [0.25, 0.3) is 0 Å². The lowest BCUT2D eigenvalue weighted by atomic mass is 10.1. The van der Waals surface area contributed by atoms with Gasteiger partial charge in [-0.25, -0.2) is 0 Å². The zero-order chi connectivity index (χ0) is 22.2. The molecule has 0 radical (unpaired) electrons. The van der Waals surface area contributed by atoms with Crippen LogP contribution in [0.2, 0.25) is 0 Å². The Morgan fingerprint density at radius 1 is 0.710 bits per heavy atom. The molecule has 0 saturated heterocycles. The number of fused-ring (bicyclic) bond motifs is 3. The Hall–Kier alpha value is -2.41. The first-order chi connectivity index (χ1) is 15.1. The molecule has 2 aromatic carbocycles. The van der Waals surface area contributed by atoms with Crippen LogP contribution in [0.3, 0.4) is 0 Å². The highest BCUT2D eigenvalue weighted by Gasteiger charge is 2.27. The largest absolute Gasteiger partial charge is 0.492 e. The standard InChI is InChI=1S/C25H34N2O4/c1-4-26(5-2)12-15-30-19-7-9-21-22-10-8-20(18-24(22)25(29)23(21)17-19)31-16-13-27(6-3)11-14-28/h7-10,17-18,28H,4-6,11-16H2,1-3H3. The monoisotopic (exact) mass is 426 g/mol. The molecular weight excluding hydrogens is 392 g/mol. The van der Waals surface area contributed by atoms with Crippen molar-refractivity contribution in [3.63, 3.8) is 0 Å². The average Bonchev–Trinajstić information content (AvgIpc) is 3.07. The van der Waals surface area contributed by atoms with E-state index < -0.39 is 0 Å². The molecule has 168 valence electrons. The molecule has 0 aromatic heterocycles. The molecule has 0 bridgehead atoms. The van der Waals surface area contributed by atoms with Gasteiger partial charge in [0.05, 0.1) is 6.61 Å². The normalized spacial score (nSPS) is 12.4. The Labute approximate surface area is 185 Å². The Balaban J connectivity index is 1.64. The zero-order valence-electron chi connectivity index (χ0n) is 18.9. The third-order valence-corrected chi connectivity index (χ3v) is 5.87. The van der Waals surface area contributed by atoms with Crippen LogP contribution in [0.5, 0.6) is 11.5 Å². The predicted octanol–water partition coefficient (Wildman–Crippen LogP) is 3.31. The number of aliphatic hydroxyl groups excluding tert-OH is 1. The molecule has 1 aliphatic rings. The molecule has 0 unspecified atom stereocenters. The molecule has 1 N–H and O–H groups in total. The Morgan fingerprint density at radius 2 is 1.19 bits per heavy atom. The Morgan fingerprint density at radius 3 is 1.65 bits per heavy atom. The Kier molecular flexibility index (Phi) is 8.46. The maximum absolute atomic E-state index is 13.0. The van der Waals surface area contributed by atoms with Gasteiger partial charge < -0.3 is 19.5 Å². The quantitative estimate of drug-likeness (QED) is 0.452. The first-order valence-corrected chi connectivity index (χ1v) is 11.3. The van der Waals surface area contributed by atoms with Gasteiger partial charge in [0.2, 0.25) is 0 Å². The van der Waals surface area contributed by atoms with Crippen molar-refractivity contribution >= 4 is 5.78 Å². The molecule has 0 fully saturated rings. The second kappa shape index (κ2) is 11.3. The molecule has 0 saturated carbocycles. The number of hydrogen-bond donors (Lipinski definition) is 1. The van der Waals surface area contributed by atoms with Crippen LogP contribution >= 0.6 is 0 Å². The van der Waals surface area contributed by atoms with Gasteiger partial charge in [-0.05, 0) is 67.2 Å². The molecule has 6 heteroatoms. The predicted molar refractivity (Wildman–Crippen MR) is 123 cm³/mol. The number of likely N-dealkylation sites (N-methyl/N-ethyl adjacent to an activating group) is 2. The summed E-state index contributed by atoms with van der Waals surface area (Å²) in [4.78, 5) is 17.5. The van der Waals surface area contributed by atoms with E-state index in [2.05, 4.69) is 30.6 Å². The van der Waals surface area contributed by atoms with Crippen molar-refractivity contribution in [1.29, 1.82) is 0 Å². The second-order valence-electron chi connectivity index (χ2n) is 7.63. The van der Waals surface area contributed by atoms with Gasteiger partial charge >= 0.3 is 0 Å². The lowest BCUT2D eigenvalue weighted by Gasteiger charge is -2.19. The molecule has 0 spiro atoms. The smallest absolute Gasteiger partial charge is 0.194 e. The number of aliphatic hydroxyl groups is 1. The number of benzene rings is 2. The summed E-state index contributed by atoms with van der Waals surface area (Å²) in [6.45, 7) is 12.7. The summed E-state index contributed by atoms with van der Waals surface area (Å²) in [5.74, 6) is 1.43. The fourth-order valence-electron chi connectivity index (χ4n) is 3.91. The van der Waals surface area contributed by atoms with E-state index in [1.807, 2.05) is 36.4 Å². The van der Waals surface area contributed by atoms with E-state index in [0.717, 1.165) is 49.6 Å². The van der Waals surface area contributed by atoms with Gasteiger partial charge in [-0.1, -0.05) is 20.8 Å². The molecule has 0 atom stereocenters. The number of rotatable bonds is 13. The van der Waals surface area contributed by atoms with Crippen LogP contribution in [-0.2, 0) is 0 Å². The molecule has 1 aliphatic carbocycles. The zero-order valence-corrected chi connectivity index (χ0v) is 18.9. The maximum atomic E-state index is 13.0. The minimum atomic E-state index is 0.0140. The molecule has 0 heterocycles. The summed E-state index contributed by atoms with van der Waals surface area (Å²) in [6, 6.07) is 11.5. The third kappa shape index (κ3) is 5.64. The van der Waals surface area contributed by atoms with Crippen LogP contribution in [0.25, 0.3) is 11.1 Å². The van der Waals surface area contributed by atoms with E-state index in [1.54, 1.807) is 0 Å². The minimum absolute atomic E-state index is 0.0140. The molecule has 0 amide bonds. The third-order valence-electron chi connectivity index (χ3n) is 5.87. The van der Waals surface area contributed by atoms with E-state index >= 15 is 0 Å². The van der Waals surface area contributed by atoms with E-state index in [1.165, 1.54) is 0 Å². The first-order valence-electron chi connectivity index (χ1n) is 11.3. The van der Waals surface area contributed by atoms with Gasteiger partial charge in [0.1, 0.15) is 24.7 Å². The molecule has 31 heavy (non-hydrogen) atoms. The van der Waals surface area contributed by atoms with Crippen molar-refractivity contribution in [2.75, 3.05) is 59.1 Å². The van der Waals surface area contributed by atoms with E-state index in [9.17, 15) is 4.79 Å². The van der Waals surface area contributed by atoms with Crippen molar-refractivity contribution in [2.45, 2.75) is 20.8 Å². The van der Waals surface area contributed by atoms with Crippen molar-refractivity contribution in [3.8, 4) is 22.6 Å². The lowest BCUT2D eigenvalue weighted by Crippen LogP contribution is -2.30. The maximum Gasteiger partial charge on any atom is 0.194 e. The Bertz CT molecular complexity index is 880. The van der Waals surface area contributed by atoms with E-state index in [0.29, 0.717) is 36.6 Å². The topological polar surface area (TPSA) is 62.2 Å². The molecule has 3 rings (SSSR count). The van der Waals surface area contributed by atoms with Gasteiger partial charge in [-0.15, -0.1) is 0 Å². The summed E-state index contributed by atoms with van der Waals surface area (Å²) >= 11 is 0. The molecular formula is C25H34N2O4. The van der Waals surface area contributed by atoms with Crippen LogP contribution in [0.4, 0.5) is 0 Å². The van der Waals surface area contributed by atoms with Crippen LogP contribution < -0.4 is 9.47 Å². The van der Waals surface area contributed by atoms with Crippen LogP contribution in [0.1, 0.15) is 36.7 Å². The average molecular weight is 427 g/mol.